The lowest BCUT2D eigenvalue weighted by molar-refractivity contribution is 0.0181. The van der Waals surface area contributed by atoms with Gasteiger partial charge in [-0.25, -0.2) is 0 Å². The first kappa shape index (κ1) is 31.6. The molecule has 2 atom stereocenters. The van der Waals surface area contributed by atoms with Crippen molar-refractivity contribution in [3.05, 3.63) is 41.5 Å². The highest BCUT2D eigenvalue weighted by Crippen LogP contribution is 2.37. The standard InChI is InChI=1S/C31H48O7/c1-5-9-15-35-24-20-26(32)25(29(21-24)37-17-11-7-3)22-27(33)31(34)23-13-14-28(36-16-10-6-2)30(19-23)38-18-12-8-4/h13-14,19-21,27,31-34H,5-12,15-18,22H2,1-4H3/t27-,31-/m1/s1. The van der Waals surface area contributed by atoms with Gasteiger partial charge in [0.25, 0.3) is 0 Å². The molecule has 2 aromatic rings. The molecule has 2 rings (SSSR count). The molecule has 2 aromatic carbocycles. The number of aromatic hydroxyl groups is 1. The summed E-state index contributed by atoms with van der Waals surface area (Å²) in [5.41, 5.74) is 0.953. The van der Waals surface area contributed by atoms with E-state index >= 15 is 0 Å². The highest BCUT2D eigenvalue weighted by Gasteiger charge is 2.24. The molecule has 0 aliphatic rings. The summed E-state index contributed by atoms with van der Waals surface area (Å²) in [4.78, 5) is 0. The van der Waals surface area contributed by atoms with Crippen molar-refractivity contribution in [2.75, 3.05) is 26.4 Å². The van der Waals surface area contributed by atoms with Crippen LogP contribution in [-0.4, -0.2) is 47.9 Å². The number of ether oxygens (including phenoxy) is 4. The smallest absolute Gasteiger partial charge is 0.161 e. The molecule has 7 nitrogen and oxygen atoms in total. The molecular weight excluding hydrogens is 484 g/mol. The highest BCUT2D eigenvalue weighted by atomic mass is 16.5. The van der Waals surface area contributed by atoms with Gasteiger partial charge in [0.15, 0.2) is 11.5 Å². The lowest BCUT2D eigenvalue weighted by atomic mass is 9.97. The fourth-order valence-electron chi connectivity index (χ4n) is 3.82. The van der Waals surface area contributed by atoms with Gasteiger partial charge >= 0.3 is 0 Å². The van der Waals surface area contributed by atoms with Crippen LogP contribution in [0.3, 0.4) is 0 Å². The zero-order valence-corrected chi connectivity index (χ0v) is 23.7. The summed E-state index contributed by atoms with van der Waals surface area (Å²) in [6.07, 6.45) is 5.24. The summed E-state index contributed by atoms with van der Waals surface area (Å²) >= 11 is 0. The van der Waals surface area contributed by atoms with E-state index in [0.29, 0.717) is 60.6 Å². The molecule has 3 N–H and O–H groups in total. The van der Waals surface area contributed by atoms with Gasteiger partial charge < -0.3 is 34.3 Å². The van der Waals surface area contributed by atoms with Crippen molar-refractivity contribution in [3.8, 4) is 28.7 Å². The van der Waals surface area contributed by atoms with Gasteiger partial charge in [-0.15, -0.1) is 0 Å². The molecule has 7 heteroatoms. The number of unbranched alkanes of at least 4 members (excludes halogenated alkanes) is 4. The van der Waals surface area contributed by atoms with Gasteiger partial charge in [-0.1, -0.05) is 59.4 Å². The van der Waals surface area contributed by atoms with E-state index in [0.717, 1.165) is 51.4 Å². The Morgan fingerprint density at radius 2 is 1.16 bits per heavy atom. The maximum absolute atomic E-state index is 11.1. The molecule has 0 radical (unpaired) electrons. The third-order valence-corrected chi connectivity index (χ3v) is 6.28. The van der Waals surface area contributed by atoms with Crippen LogP contribution >= 0.6 is 0 Å². The minimum Gasteiger partial charge on any atom is -0.507 e. The zero-order chi connectivity index (χ0) is 27.8. The van der Waals surface area contributed by atoms with E-state index in [1.165, 1.54) is 0 Å². The quantitative estimate of drug-likeness (QED) is 0.162. The molecule has 0 bridgehead atoms. The Kier molecular flexibility index (Phi) is 14.8. The molecule has 0 spiro atoms. The third kappa shape index (κ3) is 10.3. The first-order chi connectivity index (χ1) is 18.4. The molecule has 214 valence electrons. The number of phenolic OH excluding ortho intramolecular Hbond substituents is 1. The third-order valence-electron chi connectivity index (χ3n) is 6.28. The molecule has 0 aliphatic heterocycles. The van der Waals surface area contributed by atoms with Gasteiger partial charge in [-0.05, 0) is 43.4 Å². The highest BCUT2D eigenvalue weighted by molar-refractivity contribution is 5.51. The number of aliphatic hydroxyl groups excluding tert-OH is 2. The maximum atomic E-state index is 11.1. The van der Waals surface area contributed by atoms with E-state index in [1.807, 2.05) is 0 Å². The van der Waals surface area contributed by atoms with Gasteiger partial charge in [0.2, 0.25) is 0 Å². The summed E-state index contributed by atoms with van der Waals surface area (Å²) in [5, 5.41) is 32.9. The van der Waals surface area contributed by atoms with E-state index in [9.17, 15) is 15.3 Å². The normalized spacial score (nSPS) is 12.7. The number of phenols is 1. The van der Waals surface area contributed by atoms with Gasteiger partial charge in [0, 0.05) is 24.1 Å². The van der Waals surface area contributed by atoms with Crippen LogP contribution < -0.4 is 18.9 Å². The molecule has 0 aromatic heterocycles. The summed E-state index contributed by atoms with van der Waals surface area (Å²) in [6.45, 7) is 10.5. The fourth-order valence-corrected chi connectivity index (χ4v) is 3.82. The van der Waals surface area contributed by atoms with Gasteiger partial charge in [-0.2, -0.15) is 0 Å². The van der Waals surface area contributed by atoms with Crippen molar-refractivity contribution in [2.45, 2.75) is 97.7 Å². The minimum absolute atomic E-state index is 0.00444. The number of aliphatic hydroxyl groups is 2. The molecule has 0 fully saturated rings. The molecule has 0 saturated carbocycles. The molecule has 0 aliphatic carbocycles. The summed E-state index contributed by atoms with van der Waals surface area (Å²) in [6, 6.07) is 8.54. The van der Waals surface area contributed by atoms with Crippen LogP contribution in [0.4, 0.5) is 0 Å². The van der Waals surface area contributed by atoms with Crippen LogP contribution in [-0.2, 0) is 6.42 Å². The second-order valence-corrected chi connectivity index (χ2v) is 9.65. The SMILES string of the molecule is CCCCOc1cc(O)c(C[C@@H](O)[C@H](O)c2ccc(OCCCC)c(OCCCC)c2)c(OCCCC)c1. The average Bonchev–Trinajstić information content (AvgIpc) is 2.91. The van der Waals surface area contributed by atoms with E-state index < -0.39 is 12.2 Å². The minimum atomic E-state index is -1.20. The van der Waals surface area contributed by atoms with E-state index in [2.05, 4.69) is 27.7 Å². The van der Waals surface area contributed by atoms with Gasteiger partial charge in [0.1, 0.15) is 23.4 Å². The predicted molar refractivity (Wildman–Crippen MR) is 151 cm³/mol. The molecular formula is C31H48O7. The second kappa shape index (κ2) is 17.8. The molecule has 0 unspecified atom stereocenters. The Morgan fingerprint density at radius 3 is 1.74 bits per heavy atom. The van der Waals surface area contributed by atoms with Crippen molar-refractivity contribution < 1.29 is 34.3 Å². The van der Waals surface area contributed by atoms with Crippen molar-refractivity contribution in [3.63, 3.8) is 0 Å². The van der Waals surface area contributed by atoms with Crippen molar-refractivity contribution in [1.82, 2.24) is 0 Å². The molecule has 0 saturated heterocycles. The van der Waals surface area contributed by atoms with E-state index in [4.69, 9.17) is 18.9 Å². The van der Waals surface area contributed by atoms with Crippen LogP contribution in [0, 0.1) is 0 Å². The number of hydrogen-bond donors (Lipinski definition) is 3. The van der Waals surface area contributed by atoms with Crippen molar-refractivity contribution >= 4 is 0 Å². The first-order valence-corrected chi connectivity index (χ1v) is 14.3. The number of benzene rings is 2. The van der Waals surface area contributed by atoms with Crippen LogP contribution in [0.5, 0.6) is 28.7 Å². The average molecular weight is 533 g/mol. The van der Waals surface area contributed by atoms with E-state index in [1.54, 1.807) is 30.3 Å². The lowest BCUT2D eigenvalue weighted by Gasteiger charge is -2.22. The van der Waals surface area contributed by atoms with Crippen LogP contribution in [0.2, 0.25) is 0 Å². The Balaban J connectivity index is 2.23. The summed E-state index contributed by atoms with van der Waals surface area (Å²) in [7, 11) is 0. The lowest BCUT2D eigenvalue weighted by Crippen LogP contribution is -2.21. The molecule has 38 heavy (non-hydrogen) atoms. The topological polar surface area (TPSA) is 97.6 Å². The summed E-state index contributed by atoms with van der Waals surface area (Å²) in [5.74, 6) is 2.13. The Hall–Kier alpha value is -2.64. The van der Waals surface area contributed by atoms with Crippen LogP contribution in [0.25, 0.3) is 0 Å². The van der Waals surface area contributed by atoms with Crippen molar-refractivity contribution in [2.24, 2.45) is 0 Å². The largest absolute Gasteiger partial charge is 0.507 e. The fraction of sp³-hybridized carbons (Fsp3) is 0.613. The second-order valence-electron chi connectivity index (χ2n) is 9.65. The molecule has 0 heterocycles. The van der Waals surface area contributed by atoms with Crippen LogP contribution in [0.1, 0.15) is 96.3 Å². The zero-order valence-electron chi connectivity index (χ0n) is 23.7. The number of hydrogen-bond acceptors (Lipinski definition) is 7. The van der Waals surface area contributed by atoms with Gasteiger partial charge in [-0.3, -0.25) is 0 Å². The Labute approximate surface area is 228 Å². The number of rotatable bonds is 20. The Morgan fingerprint density at radius 1 is 0.632 bits per heavy atom. The predicted octanol–water partition coefficient (Wildman–Crippen LogP) is 6.74. The monoisotopic (exact) mass is 532 g/mol. The van der Waals surface area contributed by atoms with Crippen LogP contribution in [0.15, 0.2) is 30.3 Å². The van der Waals surface area contributed by atoms with E-state index in [-0.39, 0.29) is 12.2 Å². The first-order valence-electron chi connectivity index (χ1n) is 14.3. The Bertz CT molecular complexity index is 931. The molecule has 0 amide bonds. The maximum Gasteiger partial charge on any atom is 0.161 e. The summed E-state index contributed by atoms with van der Waals surface area (Å²) < 4.78 is 23.6. The van der Waals surface area contributed by atoms with Gasteiger partial charge in [0.05, 0.1) is 32.5 Å². The van der Waals surface area contributed by atoms with Crippen molar-refractivity contribution in [1.29, 1.82) is 0 Å².